The second-order valence-electron chi connectivity index (χ2n) is 10.0. The highest BCUT2D eigenvalue weighted by molar-refractivity contribution is 7.07. The number of rotatable bonds is 4. The molecule has 0 amide bonds. The molecule has 0 unspecified atom stereocenters. The van der Waals surface area contributed by atoms with E-state index >= 15 is 0 Å². The average Bonchev–Trinajstić information content (AvgIpc) is 3.58. The van der Waals surface area contributed by atoms with Crippen LogP contribution in [0, 0.1) is 0 Å². The molecule has 0 fully saturated rings. The number of hydrogen-bond acceptors (Lipinski definition) is 4. The van der Waals surface area contributed by atoms with E-state index in [1.807, 2.05) is 71.3 Å². The van der Waals surface area contributed by atoms with Gasteiger partial charge in [-0.1, -0.05) is 83.6 Å². The van der Waals surface area contributed by atoms with Gasteiger partial charge in [-0.25, -0.2) is 4.99 Å². The maximum Gasteiger partial charge on any atom is 0.271 e. The Bertz CT molecular complexity index is 1950. The van der Waals surface area contributed by atoms with Crippen LogP contribution >= 0.6 is 22.9 Å². The molecule has 1 atom stereocenters. The van der Waals surface area contributed by atoms with Gasteiger partial charge in [-0.3, -0.25) is 9.36 Å². The van der Waals surface area contributed by atoms with Crippen molar-refractivity contribution in [1.82, 2.24) is 4.57 Å². The molecule has 2 aliphatic rings. The highest BCUT2D eigenvalue weighted by atomic mass is 35.5. The zero-order valence-corrected chi connectivity index (χ0v) is 23.2. The van der Waals surface area contributed by atoms with E-state index in [1.165, 1.54) is 22.5 Å². The minimum absolute atomic E-state index is 0.0484. The van der Waals surface area contributed by atoms with Crippen LogP contribution in [0.4, 0.5) is 0 Å². The van der Waals surface area contributed by atoms with Crippen molar-refractivity contribution in [1.29, 1.82) is 0 Å². The fourth-order valence-electron chi connectivity index (χ4n) is 5.57. The number of furan rings is 1. The lowest BCUT2D eigenvalue weighted by Crippen LogP contribution is -2.39. The fourth-order valence-corrected chi connectivity index (χ4v) is 6.68. The first kappa shape index (κ1) is 24.8. The summed E-state index contributed by atoms with van der Waals surface area (Å²) in [4.78, 5) is 19.8. The number of halogens is 1. The molecule has 40 heavy (non-hydrogen) atoms. The Morgan fingerprint density at radius 3 is 2.40 bits per heavy atom. The summed E-state index contributed by atoms with van der Waals surface area (Å²) >= 11 is 7.46. The monoisotopic (exact) mass is 560 g/mol. The minimum Gasteiger partial charge on any atom is -0.457 e. The van der Waals surface area contributed by atoms with Gasteiger partial charge in [0.1, 0.15) is 11.5 Å². The summed E-state index contributed by atoms with van der Waals surface area (Å²) in [6.07, 6.45) is 6.98. The maximum absolute atomic E-state index is 14.0. The first-order valence-electron chi connectivity index (χ1n) is 13.4. The van der Waals surface area contributed by atoms with Crippen LogP contribution < -0.4 is 14.9 Å². The van der Waals surface area contributed by atoms with Crippen LogP contribution in [0.2, 0.25) is 5.02 Å². The van der Waals surface area contributed by atoms with Gasteiger partial charge in [-0.15, -0.1) is 0 Å². The predicted octanol–water partition coefficient (Wildman–Crippen LogP) is 7.40. The van der Waals surface area contributed by atoms with Crippen molar-refractivity contribution in [2.24, 2.45) is 4.99 Å². The molecule has 0 radical (unpaired) electrons. The van der Waals surface area contributed by atoms with Crippen LogP contribution in [0.1, 0.15) is 42.2 Å². The first-order chi connectivity index (χ1) is 19.6. The molecule has 7 rings (SSSR count). The third-order valence-corrected chi connectivity index (χ3v) is 8.65. The Hall–Kier alpha value is -4.19. The molecule has 0 N–H and O–H groups in total. The quantitative estimate of drug-likeness (QED) is 0.230. The molecular formula is C34H25ClN2O2S. The van der Waals surface area contributed by atoms with Crippen molar-refractivity contribution < 1.29 is 4.42 Å². The average molecular weight is 561 g/mol. The standard InChI is InChI=1S/C34H25ClN2O2S/c35-26-16-14-23(15-17-26)29-19-18-27(39-29)21-30-33(38)37-32(24-10-5-2-6-11-24)28-13-7-12-25(31(28)36-34(37)40-30)20-22-8-3-1-4-9-22/h1-6,8-11,14-21,32H,7,12-13H2/b25-20+,30-21+/t32-/m0/s1. The summed E-state index contributed by atoms with van der Waals surface area (Å²) in [7, 11) is 0. The van der Waals surface area contributed by atoms with Crippen molar-refractivity contribution in [3.63, 3.8) is 0 Å². The molecule has 0 spiro atoms. The van der Waals surface area contributed by atoms with E-state index in [4.69, 9.17) is 21.0 Å². The lowest BCUT2D eigenvalue weighted by atomic mass is 9.84. The molecule has 0 saturated carbocycles. The van der Waals surface area contributed by atoms with E-state index in [-0.39, 0.29) is 11.6 Å². The fraction of sp³-hybridized carbons (Fsp3) is 0.118. The molecule has 3 heterocycles. The van der Waals surface area contributed by atoms with Crippen LogP contribution in [-0.4, -0.2) is 4.57 Å². The molecule has 5 aromatic rings. The Kier molecular flexibility index (Phi) is 6.46. The van der Waals surface area contributed by atoms with Gasteiger partial charge >= 0.3 is 0 Å². The summed E-state index contributed by atoms with van der Waals surface area (Å²) in [6.45, 7) is 0. The number of aromatic nitrogens is 1. The van der Waals surface area contributed by atoms with Gasteiger partial charge in [-0.2, -0.15) is 0 Å². The smallest absolute Gasteiger partial charge is 0.271 e. The molecule has 2 aromatic heterocycles. The van der Waals surface area contributed by atoms with Crippen molar-refractivity contribution in [2.75, 3.05) is 0 Å². The van der Waals surface area contributed by atoms with Crippen molar-refractivity contribution >= 4 is 35.1 Å². The molecule has 1 aliphatic heterocycles. The lowest BCUT2D eigenvalue weighted by Gasteiger charge is -2.31. The van der Waals surface area contributed by atoms with E-state index in [0.29, 0.717) is 20.1 Å². The summed E-state index contributed by atoms with van der Waals surface area (Å²) in [5, 5.41) is 0.675. The Balaban J connectivity index is 1.37. The molecule has 196 valence electrons. The lowest BCUT2D eigenvalue weighted by molar-refractivity contribution is 0.553. The number of allylic oxidation sites excluding steroid dienone is 2. The summed E-state index contributed by atoms with van der Waals surface area (Å²) in [5.74, 6) is 1.35. The number of thiazole rings is 1. The van der Waals surface area contributed by atoms with Crippen LogP contribution in [0.3, 0.4) is 0 Å². The van der Waals surface area contributed by atoms with Crippen LogP contribution in [0.5, 0.6) is 0 Å². The Morgan fingerprint density at radius 2 is 1.62 bits per heavy atom. The van der Waals surface area contributed by atoms with Gasteiger partial charge in [0.2, 0.25) is 0 Å². The van der Waals surface area contributed by atoms with Crippen molar-refractivity contribution in [3.8, 4) is 11.3 Å². The number of nitrogens with zero attached hydrogens (tertiary/aromatic N) is 2. The number of hydrogen-bond donors (Lipinski definition) is 0. The van der Waals surface area contributed by atoms with Gasteiger partial charge in [-0.05, 0) is 84.0 Å². The Morgan fingerprint density at radius 1 is 0.875 bits per heavy atom. The van der Waals surface area contributed by atoms with Gasteiger partial charge in [0.15, 0.2) is 4.80 Å². The highest BCUT2D eigenvalue weighted by Gasteiger charge is 2.32. The molecular weight excluding hydrogens is 536 g/mol. The van der Waals surface area contributed by atoms with E-state index in [2.05, 4.69) is 42.5 Å². The van der Waals surface area contributed by atoms with E-state index < -0.39 is 0 Å². The molecule has 0 saturated heterocycles. The molecule has 0 bridgehead atoms. The third-order valence-electron chi connectivity index (χ3n) is 7.42. The molecule has 3 aromatic carbocycles. The van der Waals surface area contributed by atoms with Crippen molar-refractivity contribution in [2.45, 2.75) is 25.3 Å². The summed E-state index contributed by atoms with van der Waals surface area (Å²) < 4.78 is 8.58. The zero-order valence-electron chi connectivity index (χ0n) is 21.6. The van der Waals surface area contributed by atoms with E-state index in [0.717, 1.165) is 47.4 Å². The number of benzene rings is 3. The summed E-state index contributed by atoms with van der Waals surface area (Å²) in [5.41, 5.74) is 6.61. The van der Waals surface area contributed by atoms with E-state index in [1.54, 1.807) is 0 Å². The zero-order chi connectivity index (χ0) is 27.1. The topological polar surface area (TPSA) is 47.5 Å². The Labute approximate surface area is 240 Å². The SMILES string of the molecule is O=c1/c(=C\c2ccc(-c3ccc(Cl)cc3)o2)sc2n1[C@@H](c1ccccc1)C1=C(N=2)/C(=C/c2ccccc2)CCC1. The van der Waals surface area contributed by atoms with Crippen LogP contribution in [0.15, 0.2) is 128 Å². The number of fused-ring (bicyclic) bond motifs is 1. The van der Waals surface area contributed by atoms with Crippen LogP contribution in [-0.2, 0) is 0 Å². The van der Waals surface area contributed by atoms with Crippen molar-refractivity contribution in [3.05, 3.63) is 156 Å². The molecule has 4 nitrogen and oxygen atoms in total. The van der Waals surface area contributed by atoms with Gasteiger partial charge in [0.25, 0.3) is 5.56 Å². The van der Waals surface area contributed by atoms with Gasteiger partial charge < -0.3 is 4.42 Å². The van der Waals surface area contributed by atoms with Crippen LogP contribution in [0.25, 0.3) is 23.5 Å². The van der Waals surface area contributed by atoms with E-state index in [9.17, 15) is 4.79 Å². The first-order valence-corrected chi connectivity index (χ1v) is 14.5. The normalized spacial score (nSPS) is 18.0. The predicted molar refractivity (Wildman–Crippen MR) is 162 cm³/mol. The molecule has 6 heteroatoms. The van der Waals surface area contributed by atoms with Gasteiger partial charge in [0, 0.05) is 16.7 Å². The largest absolute Gasteiger partial charge is 0.457 e. The van der Waals surface area contributed by atoms with Gasteiger partial charge in [0.05, 0.1) is 16.3 Å². The summed E-state index contributed by atoms with van der Waals surface area (Å²) in [6, 6.07) is 31.8. The highest BCUT2D eigenvalue weighted by Crippen LogP contribution is 2.41. The minimum atomic E-state index is -0.185. The third kappa shape index (κ3) is 4.61. The second kappa shape index (κ2) is 10.4. The second-order valence-corrected chi connectivity index (χ2v) is 11.5. The molecule has 1 aliphatic carbocycles. The maximum atomic E-state index is 14.0.